The molecule has 1 aromatic carbocycles. The Morgan fingerprint density at radius 3 is 2.10 bits per heavy atom. The summed E-state index contributed by atoms with van der Waals surface area (Å²) in [7, 11) is 2.03. The fourth-order valence-corrected chi connectivity index (χ4v) is 2.68. The third-order valence-electron chi connectivity index (χ3n) is 3.33. The van der Waals surface area contributed by atoms with E-state index < -0.39 is 9.84 Å². The quantitative estimate of drug-likeness (QED) is 0.759. The van der Waals surface area contributed by atoms with Gasteiger partial charge in [0.25, 0.3) is 0 Å². The van der Waals surface area contributed by atoms with Gasteiger partial charge in [0, 0.05) is 31.5 Å². The molecule has 0 saturated heterocycles. The minimum atomic E-state index is -3.00. The van der Waals surface area contributed by atoms with Crippen LogP contribution in [0.5, 0.6) is 11.5 Å². The minimum Gasteiger partial charge on any atom is -0.497 e. The second-order valence-electron chi connectivity index (χ2n) is 5.01. The molecule has 2 N–H and O–H groups in total. The Kier molecular flexibility index (Phi) is 6.44. The molecule has 1 unspecified atom stereocenters. The fraction of sp³-hybridized carbons (Fsp3) is 0.571. The first kappa shape index (κ1) is 17.7. The first-order chi connectivity index (χ1) is 9.80. The summed E-state index contributed by atoms with van der Waals surface area (Å²) in [4.78, 5) is 1.93. The van der Waals surface area contributed by atoms with E-state index in [-0.39, 0.29) is 11.8 Å². The average molecular weight is 316 g/mol. The van der Waals surface area contributed by atoms with E-state index in [1.807, 2.05) is 24.1 Å². The molecule has 21 heavy (non-hydrogen) atoms. The number of ether oxygens (including phenoxy) is 2. The molecule has 0 bridgehead atoms. The van der Waals surface area contributed by atoms with Crippen LogP contribution in [0, 0.1) is 0 Å². The Hall–Kier alpha value is -1.31. The van der Waals surface area contributed by atoms with Crippen LogP contribution in [0.3, 0.4) is 0 Å². The Bertz CT molecular complexity index is 538. The average Bonchev–Trinajstić information content (AvgIpc) is 2.44. The molecule has 1 aromatic rings. The zero-order valence-electron chi connectivity index (χ0n) is 13.0. The van der Waals surface area contributed by atoms with Crippen LogP contribution in [0.1, 0.15) is 11.6 Å². The van der Waals surface area contributed by atoms with Crippen molar-refractivity contribution < 1.29 is 17.9 Å². The summed E-state index contributed by atoms with van der Waals surface area (Å²) in [6.07, 6.45) is 1.23. The first-order valence-electron chi connectivity index (χ1n) is 6.61. The van der Waals surface area contributed by atoms with Gasteiger partial charge in [0.2, 0.25) is 0 Å². The van der Waals surface area contributed by atoms with E-state index in [9.17, 15) is 8.42 Å². The van der Waals surface area contributed by atoms with Crippen molar-refractivity contribution in [2.45, 2.75) is 6.04 Å². The van der Waals surface area contributed by atoms with Gasteiger partial charge < -0.3 is 15.2 Å². The van der Waals surface area contributed by atoms with E-state index in [0.29, 0.717) is 24.6 Å². The Labute approximate surface area is 126 Å². The van der Waals surface area contributed by atoms with Crippen molar-refractivity contribution in [2.24, 2.45) is 5.73 Å². The van der Waals surface area contributed by atoms with Gasteiger partial charge >= 0.3 is 0 Å². The third-order valence-corrected chi connectivity index (χ3v) is 4.25. The van der Waals surface area contributed by atoms with E-state index in [1.165, 1.54) is 6.26 Å². The number of hydrogen-bond donors (Lipinski definition) is 1. The van der Waals surface area contributed by atoms with Crippen LogP contribution in [0.2, 0.25) is 0 Å². The number of likely N-dealkylation sites (N-methyl/N-ethyl adjacent to an activating group) is 1. The molecule has 0 aliphatic carbocycles. The van der Waals surface area contributed by atoms with Crippen LogP contribution in [0.15, 0.2) is 18.2 Å². The summed E-state index contributed by atoms with van der Waals surface area (Å²) >= 11 is 0. The van der Waals surface area contributed by atoms with Crippen molar-refractivity contribution in [3.05, 3.63) is 23.8 Å². The van der Waals surface area contributed by atoms with Crippen molar-refractivity contribution in [1.82, 2.24) is 4.90 Å². The highest BCUT2D eigenvalue weighted by Crippen LogP contribution is 2.28. The predicted octanol–water partition coefficient (Wildman–Crippen LogP) is 0.680. The van der Waals surface area contributed by atoms with Crippen molar-refractivity contribution in [3.8, 4) is 11.5 Å². The Balaban J connectivity index is 2.97. The zero-order valence-corrected chi connectivity index (χ0v) is 13.8. The number of sulfone groups is 1. The van der Waals surface area contributed by atoms with E-state index in [0.717, 1.165) is 5.56 Å². The topological polar surface area (TPSA) is 81.9 Å². The van der Waals surface area contributed by atoms with Crippen molar-refractivity contribution in [2.75, 3.05) is 46.4 Å². The normalized spacial score (nSPS) is 13.2. The minimum absolute atomic E-state index is 0.0983. The van der Waals surface area contributed by atoms with Crippen LogP contribution in [-0.2, 0) is 9.84 Å². The molecule has 0 heterocycles. The standard InChI is InChI=1S/C14H24N2O4S/c1-16(5-6-21(4,17)18)14(10-15)11-7-12(19-2)9-13(8-11)20-3/h7-9,14H,5-6,10,15H2,1-4H3. The smallest absolute Gasteiger partial charge is 0.148 e. The number of rotatable bonds is 8. The maximum Gasteiger partial charge on any atom is 0.148 e. The molecule has 0 spiro atoms. The van der Waals surface area contributed by atoms with Crippen molar-refractivity contribution >= 4 is 9.84 Å². The largest absolute Gasteiger partial charge is 0.497 e. The molecule has 7 heteroatoms. The summed E-state index contributed by atoms with van der Waals surface area (Å²) in [5, 5.41) is 0. The van der Waals surface area contributed by atoms with Crippen molar-refractivity contribution in [1.29, 1.82) is 0 Å². The summed E-state index contributed by atoms with van der Waals surface area (Å²) in [6, 6.07) is 5.46. The molecular formula is C14H24N2O4S. The second-order valence-corrected chi connectivity index (χ2v) is 7.27. The van der Waals surface area contributed by atoms with Crippen molar-refractivity contribution in [3.63, 3.8) is 0 Å². The lowest BCUT2D eigenvalue weighted by atomic mass is 10.0. The number of benzene rings is 1. The molecular weight excluding hydrogens is 292 g/mol. The first-order valence-corrected chi connectivity index (χ1v) is 8.67. The lowest BCUT2D eigenvalue weighted by molar-refractivity contribution is 0.263. The van der Waals surface area contributed by atoms with Crippen LogP contribution in [-0.4, -0.2) is 59.7 Å². The highest BCUT2D eigenvalue weighted by molar-refractivity contribution is 7.90. The molecule has 0 aliphatic heterocycles. The SMILES string of the molecule is COc1cc(OC)cc(C(CN)N(C)CCS(C)(=O)=O)c1. The van der Waals surface area contributed by atoms with Gasteiger partial charge in [0.1, 0.15) is 21.3 Å². The van der Waals surface area contributed by atoms with Gasteiger partial charge in [-0.2, -0.15) is 0 Å². The van der Waals surface area contributed by atoms with Gasteiger partial charge in [-0.3, -0.25) is 4.90 Å². The molecule has 1 rings (SSSR count). The van der Waals surface area contributed by atoms with Gasteiger partial charge in [-0.05, 0) is 24.7 Å². The van der Waals surface area contributed by atoms with Gasteiger partial charge in [0.05, 0.1) is 20.0 Å². The molecule has 6 nitrogen and oxygen atoms in total. The van der Waals surface area contributed by atoms with E-state index in [4.69, 9.17) is 15.2 Å². The van der Waals surface area contributed by atoms with E-state index in [2.05, 4.69) is 0 Å². The van der Waals surface area contributed by atoms with Gasteiger partial charge in [-0.25, -0.2) is 8.42 Å². The maximum absolute atomic E-state index is 11.3. The van der Waals surface area contributed by atoms with E-state index >= 15 is 0 Å². The third kappa shape index (κ3) is 5.53. The predicted molar refractivity (Wildman–Crippen MR) is 83.7 cm³/mol. The fourth-order valence-electron chi connectivity index (χ4n) is 2.06. The lowest BCUT2D eigenvalue weighted by Gasteiger charge is -2.27. The molecule has 0 radical (unpaired) electrons. The maximum atomic E-state index is 11.3. The van der Waals surface area contributed by atoms with Gasteiger partial charge in [-0.1, -0.05) is 0 Å². The number of nitrogens with zero attached hydrogens (tertiary/aromatic N) is 1. The summed E-state index contributed by atoms with van der Waals surface area (Å²) in [5.74, 6) is 1.46. The summed E-state index contributed by atoms with van der Waals surface area (Å²) in [6.45, 7) is 0.789. The number of nitrogens with two attached hydrogens (primary N) is 1. The number of hydrogen-bond acceptors (Lipinski definition) is 6. The molecule has 0 fully saturated rings. The number of methoxy groups -OCH3 is 2. The van der Waals surface area contributed by atoms with Crippen LogP contribution >= 0.6 is 0 Å². The Morgan fingerprint density at radius 1 is 1.19 bits per heavy atom. The van der Waals surface area contributed by atoms with Crippen LogP contribution in [0.4, 0.5) is 0 Å². The molecule has 120 valence electrons. The summed E-state index contributed by atoms with van der Waals surface area (Å²) < 4.78 is 33.1. The molecule has 0 aliphatic rings. The lowest BCUT2D eigenvalue weighted by Crippen LogP contribution is -2.34. The van der Waals surface area contributed by atoms with Gasteiger partial charge in [-0.15, -0.1) is 0 Å². The van der Waals surface area contributed by atoms with E-state index in [1.54, 1.807) is 20.3 Å². The molecule has 0 aromatic heterocycles. The van der Waals surface area contributed by atoms with Gasteiger partial charge in [0.15, 0.2) is 0 Å². The summed E-state index contributed by atoms with van der Waals surface area (Å²) in [5.41, 5.74) is 6.79. The highest BCUT2D eigenvalue weighted by atomic mass is 32.2. The molecule has 1 atom stereocenters. The van der Waals surface area contributed by atoms with Crippen LogP contribution in [0.25, 0.3) is 0 Å². The highest BCUT2D eigenvalue weighted by Gasteiger charge is 2.18. The molecule has 0 saturated carbocycles. The second kappa shape index (κ2) is 7.63. The molecule has 0 amide bonds. The van der Waals surface area contributed by atoms with Crippen LogP contribution < -0.4 is 15.2 Å². The monoisotopic (exact) mass is 316 g/mol. The zero-order chi connectivity index (χ0) is 16.0. The Morgan fingerprint density at radius 2 is 1.71 bits per heavy atom.